The number of carboxylic acids is 1. The van der Waals surface area contributed by atoms with Gasteiger partial charge in [-0.2, -0.15) is 4.37 Å². The van der Waals surface area contributed by atoms with Crippen molar-refractivity contribution in [3.05, 3.63) is 5.82 Å². The Morgan fingerprint density at radius 2 is 2.35 bits per heavy atom. The van der Waals surface area contributed by atoms with Gasteiger partial charge in [-0.3, -0.25) is 10.1 Å². The second-order valence-corrected chi connectivity index (χ2v) is 7.43. The van der Waals surface area contributed by atoms with Crippen LogP contribution < -0.4 is 5.32 Å². The van der Waals surface area contributed by atoms with Crippen molar-refractivity contribution in [1.29, 1.82) is 0 Å². The van der Waals surface area contributed by atoms with Gasteiger partial charge in [-0.25, -0.2) is 4.98 Å². The van der Waals surface area contributed by atoms with E-state index in [1.54, 1.807) is 18.7 Å². The minimum Gasteiger partial charge on any atom is -0.480 e. The molecule has 1 aliphatic carbocycles. The van der Waals surface area contributed by atoms with Crippen LogP contribution in [-0.4, -0.2) is 37.8 Å². The first kappa shape index (κ1) is 15.7. The monoisotopic (exact) mass is 315 g/mol. The van der Waals surface area contributed by atoms with Gasteiger partial charge >= 0.3 is 5.97 Å². The predicted molar refractivity (Wildman–Crippen MR) is 81.4 cm³/mol. The number of carboxylic acid groups (broad SMARTS) is 1. The Morgan fingerprint density at radius 1 is 1.60 bits per heavy atom. The summed E-state index contributed by atoms with van der Waals surface area (Å²) in [7, 11) is 0. The molecule has 2 N–H and O–H groups in total. The summed E-state index contributed by atoms with van der Waals surface area (Å²) in [5, 5.41) is 12.6. The quantitative estimate of drug-likeness (QED) is 0.539. The largest absolute Gasteiger partial charge is 0.480 e. The lowest BCUT2D eigenvalue weighted by Crippen LogP contribution is -2.50. The van der Waals surface area contributed by atoms with E-state index >= 15 is 0 Å². The maximum Gasteiger partial charge on any atom is 0.323 e. The van der Waals surface area contributed by atoms with Crippen LogP contribution in [0.5, 0.6) is 0 Å². The van der Waals surface area contributed by atoms with Gasteiger partial charge in [-0.1, -0.05) is 18.7 Å². The summed E-state index contributed by atoms with van der Waals surface area (Å²) in [5.41, 5.74) is -0.794. The van der Waals surface area contributed by atoms with E-state index in [4.69, 9.17) is 0 Å². The molecule has 1 unspecified atom stereocenters. The molecule has 0 aliphatic heterocycles. The summed E-state index contributed by atoms with van der Waals surface area (Å²) in [4.78, 5) is 15.8. The number of nitrogens with one attached hydrogen (secondary N) is 1. The Hall–Kier alpha value is -0.660. The zero-order chi connectivity index (χ0) is 14.6. The van der Waals surface area contributed by atoms with Crippen molar-refractivity contribution >= 4 is 29.3 Å². The fourth-order valence-corrected chi connectivity index (χ4v) is 3.65. The second kappa shape index (κ2) is 6.87. The van der Waals surface area contributed by atoms with E-state index in [0.29, 0.717) is 12.5 Å². The number of nitrogens with zero attached hydrogens (tertiary/aromatic N) is 2. The molecule has 1 atom stereocenters. The molecule has 7 heteroatoms. The van der Waals surface area contributed by atoms with Crippen LogP contribution in [0.2, 0.25) is 0 Å². The standard InChI is InChI=1S/C13H21N3O2S2/c1-3-10-14-12(20-16-10)19-8-4-7-13(2,11(17)18)15-9-5-6-9/h9,15H,3-8H2,1-2H3,(H,17,18). The van der Waals surface area contributed by atoms with Crippen LogP contribution in [0, 0.1) is 0 Å². The van der Waals surface area contributed by atoms with Crippen molar-refractivity contribution in [3.8, 4) is 0 Å². The SMILES string of the molecule is CCc1nsc(SCCCC(C)(NC2CC2)C(=O)O)n1. The summed E-state index contributed by atoms with van der Waals surface area (Å²) in [5.74, 6) is 1.02. The molecule has 0 saturated heterocycles. The molecule has 1 fully saturated rings. The Labute approximate surface area is 127 Å². The van der Waals surface area contributed by atoms with Gasteiger partial charge in [0.2, 0.25) is 0 Å². The van der Waals surface area contributed by atoms with Crippen molar-refractivity contribution in [1.82, 2.24) is 14.7 Å². The molecule has 2 rings (SSSR count). The number of hydrogen-bond acceptors (Lipinski definition) is 6. The molecule has 112 valence electrons. The van der Waals surface area contributed by atoms with Crippen molar-refractivity contribution in [2.45, 2.75) is 61.9 Å². The molecule has 1 aromatic rings. The Morgan fingerprint density at radius 3 is 2.90 bits per heavy atom. The topological polar surface area (TPSA) is 75.1 Å². The van der Waals surface area contributed by atoms with Crippen LogP contribution in [0.4, 0.5) is 0 Å². The molecule has 1 saturated carbocycles. The van der Waals surface area contributed by atoms with Gasteiger partial charge in [0.1, 0.15) is 11.4 Å². The summed E-state index contributed by atoms with van der Waals surface area (Å²) in [6.45, 7) is 3.83. The van der Waals surface area contributed by atoms with Crippen LogP contribution in [-0.2, 0) is 11.2 Å². The second-order valence-electron chi connectivity index (χ2n) is 5.34. The fourth-order valence-electron chi connectivity index (χ4n) is 1.94. The lowest BCUT2D eigenvalue weighted by atomic mass is 9.96. The first-order valence-corrected chi connectivity index (χ1v) is 8.76. The Bertz CT molecular complexity index is 462. The van der Waals surface area contributed by atoms with E-state index in [9.17, 15) is 9.90 Å². The molecule has 1 aromatic heterocycles. The molecule has 0 bridgehead atoms. The number of aryl methyl sites for hydroxylation is 1. The van der Waals surface area contributed by atoms with Crippen molar-refractivity contribution in [2.75, 3.05) is 5.75 Å². The number of rotatable bonds is 9. The molecule has 0 spiro atoms. The van der Waals surface area contributed by atoms with Crippen LogP contribution in [0.3, 0.4) is 0 Å². The van der Waals surface area contributed by atoms with Crippen molar-refractivity contribution in [2.24, 2.45) is 0 Å². The smallest absolute Gasteiger partial charge is 0.323 e. The van der Waals surface area contributed by atoms with Crippen LogP contribution in [0.25, 0.3) is 0 Å². The maximum atomic E-state index is 11.4. The first-order chi connectivity index (χ1) is 9.53. The molecule has 5 nitrogen and oxygen atoms in total. The van der Waals surface area contributed by atoms with Crippen LogP contribution >= 0.6 is 23.3 Å². The zero-order valence-electron chi connectivity index (χ0n) is 11.9. The zero-order valence-corrected chi connectivity index (χ0v) is 13.5. The number of aromatic nitrogens is 2. The highest BCUT2D eigenvalue weighted by Crippen LogP contribution is 2.27. The van der Waals surface area contributed by atoms with Gasteiger partial charge < -0.3 is 5.11 Å². The molecule has 0 aromatic carbocycles. The summed E-state index contributed by atoms with van der Waals surface area (Å²) < 4.78 is 5.22. The molecular weight excluding hydrogens is 294 g/mol. The Kier molecular flexibility index (Phi) is 5.40. The third-order valence-corrected chi connectivity index (χ3v) is 5.34. The minimum atomic E-state index is -0.794. The van der Waals surface area contributed by atoms with E-state index in [1.807, 2.05) is 6.92 Å². The molecule has 20 heavy (non-hydrogen) atoms. The van der Waals surface area contributed by atoms with Gasteiger partial charge in [0.25, 0.3) is 0 Å². The maximum absolute atomic E-state index is 11.4. The lowest BCUT2D eigenvalue weighted by molar-refractivity contribution is -0.144. The number of thioether (sulfide) groups is 1. The molecule has 0 amide bonds. The Balaban J connectivity index is 1.73. The highest BCUT2D eigenvalue weighted by Gasteiger charge is 2.37. The van der Waals surface area contributed by atoms with Gasteiger partial charge in [0.15, 0.2) is 4.34 Å². The highest BCUT2D eigenvalue weighted by molar-refractivity contribution is 8.00. The number of hydrogen-bond donors (Lipinski definition) is 2. The third-order valence-electron chi connectivity index (χ3n) is 3.38. The number of aliphatic carboxylic acids is 1. The molecule has 1 heterocycles. The van der Waals surface area contributed by atoms with E-state index in [0.717, 1.165) is 41.6 Å². The minimum absolute atomic E-state index is 0.402. The molecule has 1 aliphatic rings. The summed E-state index contributed by atoms with van der Waals surface area (Å²) in [6, 6.07) is 0.402. The average molecular weight is 315 g/mol. The van der Waals surface area contributed by atoms with E-state index in [2.05, 4.69) is 14.7 Å². The van der Waals surface area contributed by atoms with Crippen molar-refractivity contribution < 1.29 is 9.90 Å². The first-order valence-electron chi connectivity index (χ1n) is 7.00. The van der Waals surface area contributed by atoms with Gasteiger partial charge in [-0.05, 0) is 44.1 Å². The number of carbonyl (C=O) groups is 1. The normalized spacial score (nSPS) is 17.9. The third kappa shape index (κ3) is 4.43. The van der Waals surface area contributed by atoms with Crippen molar-refractivity contribution in [3.63, 3.8) is 0 Å². The van der Waals surface area contributed by atoms with Crippen LogP contribution in [0.15, 0.2) is 4.34 Å². The fraction of sp³-hybridized carbons (Fsp3) is 0.769. The van der Waals surface area contributed by atoms with Gasteiger partial charge in [0, 0.05) is 18.2 Å². The summed E-state index contributed by atoms with van der Waals surface area (Å²) >= 11 is 3.10. The average Bonchev–Trinajstić information content (AvgIpc) is 3.10. The predicted octanol–water partition coefficient (Wildman–Crippen LogP) is 2.57. The van der Waals surface area contributed by atoms with E-state index in [1.165, 1.54) is 11.5 Å². The van der Waals surface area contributed by atoms with E-state index in [-0.39, 0.29) is 0 Å². The highest BCUT2D eigenvalue weighted by atomic mass is 32.2. The summed E-state index contributed by atoms with van der Waals surface area (Å²) in [6.07, 6.45) is 4.56. The molecule has 0 radical (unpaired) electrons. The van der Waals surface area contributed by atoms with E-state index < -0.39 is 11.5 Å². The molecular formula is C13H21N3O2S2. The van der Waals surface area contributed by atoms with Crippen LogP contribution in [0.1, 0.15) is 45.4 Å². The lowest BCUT2D eigenvalue weighted by Gasteiger charge is -2.26. The van der Waals surface area contributed by atoms with Gasteiger partial charge in [-0.15, -0.1) is 0 Å². The van der Waals surface area contributed by atoms with Gasteiger partial charge in [0.05, 0.1) is 0 Å².